The number of aliphatic hydroxyl groups excluding tert-OH is 2. The third-order valence-electron chi connectivity index (χ3n) is 4.72. The second-order valence-electron chi connectivity index (χ2n) is 6.32. The summed E-state index contributed by atoms with van der Waals surface area (Å²) in [5.41, 5.74) is 0.790. The average Bonchev–Trinajstić information content (AvgIpc) is 2.61. The van der Waals surface area contributed by atoms with Crippen molar-refractivity contribution in [2.24, 2.45) is 5.92 Å². The van der Waals surface area contributed by atoms with Gasteiger partial charge in [-0.3, -0.25) is 19.8 Å². The van der Waals surface area contributed by atoms with Gasteiger partial charge in [-0.25, -0.2) is 4.79 Å². The molecule has 0 bridgehead atoms. The van der Waals surface area contributed by atoms with Gasteiger partial charge in [0, 0.05) is 38.6 Å². The summed E-state index contributed by atoms with van der Waals surface area (Å²) in [6, 6.07) is 6.19. The van der Waals surface area contributed by atoms with Crippen LogP contribution in [0.1, 0.15) is 23.2 Å². The van der Waals surface area contributed by atoms with E-state index in [9.17, 15) is 24.6 Å². The molecule has 4 amide bonds. The summed E-state index contributed by atoms with van der Waals surface area (Å²) in [5, 5.41) is 21.5. The number of carbonyl (C=O) groups is 3. The summed E-state index contributed by atoms with van der Waals surface area (Å²) in [5.74, 6) is -0.840. The molecule has 2 aliphatic rings. The number of urea groups is 1. The Morgan fingerprint density at radius 1 is 1.24 bits per heavy atom. The largest absolute Gasteiger partial charge is 0.396 e. The number of aliphatic hydroxyl groups is 2. The molecule has 0 aromatic heterocycles. The molecule has 25 heavy (non-hydrogen) atoms. The van der Waals surface area contributed by atoms with Gasteiger partial charge in [-0.1, -0.05) is 12.1 Å². The third-order valence-corrected chi connectivity index (χ3v) is 4.72. The lowest BCUT2D eigenvalue weighted by Gasteiger charge is -2.36. The number of anilines is 1. The number of benzene rings is 1. The molecule has 8 nitrogen and oxygen atoms in total. The molecule has 0 spiro atoms. The van der Waals surface area contributed by atoms with Crippen LogP contribution in [-0.2, 0) is 4.79 Å². The fourth-order valence-corrected chi connectivity index (χ4v) is 3.23. The normalized spacial score (nSPS) is 24.2. The van der Waals surface area contributed by atoms with Crippen molar-refractivity contribution >= 4 is 23.5 Å². The number of rotatable bonds is 3. The highest BCUT2D eigenvalue weighted by atomic mass is 16.3. The quantitative estimate of drug-likeness (QED) is 0.710. The number of imide groups is 1. The van der Waals surface area contributed by atoms with Crippen LogP contribution in [0.4, 0.5) is 10.5 Å². The molecule has 2 heterocycles. The maximum absolute atomic E-state index is 12.9. The van der Waals surface area contributed by atoms with Crippen molar-refractivity contribution < 1.29 is 24.6 Å². The number of amides is 4. The fourth-order valence-electron chi connectivity index (χ4n) is 3.23. The number of nitrogens with one attached hydrogen (secondary N) is 1. The average molecular weight is 347 g/mol. The molecule has 0 unspecified atom stereocenters. The first kappa shape index (κ1) is 17.4. The van der Waals surface area contributed by atoms with Crippen molar-refractivity contribution in [3.63, 3.8) is 0 Å². The van der Waals surface area contributed by atoms with Crippen LogP contribution < -0.4 is 10.2 Å². The number of hydrogen-bond donors (Lipinski definition) is 3. The topological polar surface area (TPSA) is 110 Å². The van der Waals surface area contributed by atoms with E-state index in [1.165, 1.54) is 9.80 Å². The summed E-state index contributed by atoms with van der Waals surface area (Å²) >= 11 is 0. The molecule has 2 saturated heterocycles. The molecule has 2 atom stereocenters. The second kappa shape index (κ2) is 7.20. The van der Waals surface area contributed by atoms with E-state index in [4.69, 9.17) is 0 Å². The Bertz CT molecular complexity index is 693. The molecule has 2 aliphatic heterocycles. The van der Waals surface area contributed by atoms with Gasteiger partial charge < -0.3 is 15.1 Å². The van der Waals surface area contributed by atoms with E-state index in [0.29, 0.717) is 24.2 Å². The Hall–Kier alpha value is -2.45. The Kier molecular flexibility index (Phi) is 5.00. The van der Waals surface area contributed by atoms with Crippen LogP contribution in [0.5, 0.6) is 0 Å². The molecule has 3 N–H and O–H groups in total. The van der Waals surface area contributed by atoms with Gasteiger partial charge in [0.05, 0.1) is 17.4 Å². The summed E-state index contributed by atoms with van der Waals surface area (Å²) in [6.45, 7) is 0.676. The lowest BCUT2D eigenvalue weighted by Crippen LogP contribution is -2.51. The molecule has 2 fully saturated rings. The van der Waals surface area contributed by atoms with E-state index < -0.39 is 12.1 Å². The van der Waals surface area contributed by atoms with Gasteiger partial charge in [0.1, 0.15) is 0 Å². The molecule has 134 valence electrons. The third kappa shape index (κ3) is 3.49. The van der Waals surface area contributed by atoms with E-state index in [-0.39, 0.29) is 43.8 Å². The predicted molar refractivity (Wildman–Crippen MR) is 89.0 cm³/mol. The predicted octanol–water partition coefficient (Wildman–Crippen LogP) is -0.0518. The first-order valence-electron chi connectivity index (χ1n) is 8.30. The molecular weight excluding hydrogens is 326 g/mol. The number of nitrogens with zero attached hydrogens (tertiary/aromatic N) is 2. The number of hydrogen-bond acceptors (Lipinski definition) is 5. The molecule has 0 aliphatic carbocycles. The van der Waals surface area contributed by atoms with E-state index in [2.05, 4.69) is 5.32 Å². The van der Waals surface area contributed by atoms with Gasteiger partial charge >= 0.3 is 6.03 Å². The zero-order valence-electron chi connectivity index (χ0n) is 13.7. The molecule has 1 aromatic rings. The van der Waals surface area contributed by atoms with E-state index in [1.54, 1.807) is 24.3 Å². The zero-order valence-corrected chi connectivity index (χ0v) is 13.7. The first-order valence-corrected chi connectivity index (χ1v) is 8.30. The second-order valence-corrected chi connectivity index (χ2v) is 6.32. The van der Waals surface area contributed by atoms with Crippen LogP contribution in [0.3, 0.4) is 0 Å². The molecule has 0 radical (unpaired) electrons. The summed E-state index contributed by atoms with van der Waals surface area (Å²) in [7, 11) is 0. The Labute approximate surface area is 145 Å². The van der Waals surface area contributed by atoms with E-state index >= 15 is 0 Å². The minimum Gasteiger partial charge on any atom is -0.396 e. The van der Waals surface area contributed by atoms with Crippen LogP contribution in [0.15, 0.2) is 24.3 Å². The van der Waals surface area contributed by atoms with E-state index in [0.717, 1.165) is 0 Å². The molecule has 8 heteroatoms. The van der Waals surface area contributed by atoms with Gasteiger partial charge in [0.2, 0.25) is 5.91 Å². The maximum atomic E-state index is 12.9. The van der Waals surface area contributed by atoms with E-state index in [1.807, 2.05) is 0 Å². The van der Waals surface area contributed by atoms with Crippen molar-refractivity contribution in [2.45, 2.75) is 18.9 Å². The Morgan fingerprint density at radius 3 is 2.68 bits per heavy atom. The molecule has 1 aromatic carbocycles. The standard InChI is InChI=1S/C17H21N3O5/c21-10-11-5-7-19(9-14(11)22)16(24)12-3-1-2-4-13(12)20-8-6-15(23)18-17(20)25/h1-4,11,14,21-22H,5-10H2,(H,18,23,25)/t11-,14-/m1/s1. The highest BCUT2D eigenvalue weighted by molar-refractivity contribution is 6.09. The molecule has 3 rings (SSSR count). The summed E-state index contributed by atoms with van der Waals surface area (Å²) < 4.78 is 0. The smallest absolute Gasteiger partial charge is 0.328 e. The van der Waals surface area contributed by atoms with Crippen molar-refractivity contribution in [1.29, 1.82) is 0 Å². The minimum absolute atomic E-state index is 0.109. The van der Waals surface area contributed by atoms with Gasteiger partial charge in [-0.05, 0) is 18.6 Å². The number of para-hydroxylation sites is 1. The minimum atomic E-state index is -0.772. The Morgan fingerprint density at radius 2 is 2.00 bits per heavy atom. The number of likely N-dealkylation sites (tertiary alicyclic amines) is 1. The van der Waals surface area contributed by atoms with Gasteiger partial charge in [0.25, 0.3) is 5.91 Å². The SMILES string of the molecule is O=C1CCN(c2ccccc2C(=O)N2CC[C@H](CO)[C@H](O)C2)C(=O)N1. The lowest BCUT2D eigenvalue weighted by atomic mass is 9.94. The van der Waals surface area contributed by atoms with Crippen LogP contribution in [-0.4, -0.2) is 65.3 Å². The maximum Gasteiger partial charge on any atom is 0.328 e. The Balaban J connectivity index is 1.82. The summed E-state index contributed by atoms with van der Waals surface area (Å²) in [4.78, 5) is 39.2. The monoisotopic (exact) mass is 347 g/mol. The van der Waals surface area contributed by atoms with Crippen molar-refractivity contribution in [3.05, 3.63) is 29.8 Å². The van der Waals surface area contributed by atoms with Gasteiger partial charge in [-0.15, -0.1) is 0 Å². The number of β-amino-alcohol motifs (C(OH)–C–C–N with tert-alkyl or cyclic N) is 1. The number of piperidine rings is 1. The summed E-state index contributed by atoms with van der Waals surface area (Å²) in [6.07, 6.45) is -0.0788. The molecular formula is C17H21N3O5. The van der Waals surface area contributed by atoms with Crippen LogP contribution >= 0.6 is 0 Å². The molecule has 0 saturated carbocycles. The first-order chi connectivity index (χ1) is 12.0. The highest BCUT2D eigenvalue weighted by Gasteiger charge is 2.33. The fraction of sp³-hybridized carbons (Fsp3) is 0.471. The van der Waals surface area contributed by atoms with Crippen molar-refractivity contribution in [1.82, 2.24) is 10.2 Å². The van der Waals surface area contributed by atoms with Crippen LogP contribution in [0.2, 0.25) is 0 Å². The highest BCUT2D eigenvalue weighted by Crippen LogP contribution is 2.26. The zero-order chi connectivity index (χ0) is 18.0. The lowest BCUT2D eigenvalue weighted by molar-refractivity contribution is -0.120. The van der Waals surface area contributed by atoms with Gasteiger partial charge in [-0.2, -0.15) is 0 Å². The van der Waals surface area contributed by atoms with Crippen molar-refractivity contribution in [2.75, 3.05) is 31.1 Å². The van der Waals surface area contributed by atoms with Crippen LogP contribution in [0, 0.1) is 5.92 Å². The number of carbonyl (C=O) groups excluding carboxylic acids is 3. The van der Waals surface area contributed by atoms with Crippen LogP contribution in [0.25, 0.3) is 0 Å². The van der Waals surface area contributed by atoms with Gasteiger partial charge in [0.15, 0.2) is 0 Å². The van der Waals surface area contributed by atoms with Crippen molar-refractivity contribution in [3.8, 4) is 0 Å².